The highest BCUT2D eigenvalue weighted by atomic mass is 32.2. The van der Waals surface area contributed by atoms with Crippen LogP contribution in [0, 0.1) is 13.8 Å². The van der Waals surface area contributed by atoms with Crippen LogP contribution in [0.1, 0.15) is 22.7 Å². The van der Waals surface area contributed by atoms with E-state index in [0.29, 0.717) is 0 Å². The number of thioether (sulfide) groups is 1. The molecular weight excluding hydrogens is 240 g/mol. The van der Waals surface area contributed by atoms with Crippen LogP contribution in [-0.4, -0.2) is 10.7 Å². The second kappa shape index (κ2) is 6.03. The van der Waals surface area contributed by atoms with Crippen LogP contribution in [0.15, 0.2) is 47.6 Å². The van der Waals surface area contributed by atoms with E-state index in [0.717, 1.165) is 10.8 Å². The third-order valence-electron chi connectivity index (χ3n) is 2.88. The summed E-state index contributed by atoms with van der Waals surface area (Å²) >= 11 is 1.70. The molecule has 0 saturated carbocycles. The number of aromatic nitrogens is 1. The Balaban J connectivity index is 2.03. The fourth-order valence-electron chi connectivity index (χ4n) is 1.86. The summed E-state index contributed by atoms with van der Waals surface area (Å²) in [6.07, 6.45) is 1.81. The predicted molar refractivity (Wildman–Crippen MR) is 77.8 cm³/mol. The van der Waals surface area contributed by atoms with Crippen molar-refractivity contribution in [2.75, 3.05) is 5.75 Å². The van der Waals surface area contributed by atoms with Crippen LogP contribution in [0.5, 0.6) is 0 Å². The quantitative estimate of drug-likeness (QED) is 0.853. The molecule has 0 aliphatic carbocycles. The van der Waals surface area contributed by atoms with Crippen molar-refractivity contribution < 1.29 is 0 Å². The molecule has 0 spiro atoms. The molecule has 1 heterocycles. The molecule has 2 N–H and O–H groups in total. The summed E-state index contributed by atoms with van der Waals surface area (Å²) in [5.41, 5.74) is 10.0. The average Bonchev–Trinajstić information content (AvgIpc) is 2.40. The van der Waals surface area contributed by atoms with Crippen LogP contribution < -0.4 is 5.73 Å². The number of hydrogen-bond donors (Lipinski definition) is 1. The molecule has 1 aromatic carbocycles. The fraction of sp³-hybridized carbons (Fsp3) is 0.267. The Morgan fingerprint density at radius 3 is 2.78 bits per heavy atom. The van der Waals surface area contributed by atoms with Gasteiger partial charge in [-0.05, 0) is 37.1 Å². The molecule has 2 nitrogen and oxygen atoms in total. The molecular formula is C15H18N2S. The summed E-state index contributed by atoms with van der Waals surface area (Å²) in [5.74, 6) is 0.849. The third kappa shape index (κ3) is 3.34. The molecule has 0 aliphatic rings. The topological polar surface area (TPSA) is 38.9 Å². The van der Waals surface area contributed by atoms with Crippen molar-refractivity contribution >= 4 is 11.8 Å². The number of benzene rings is 1. The summed E-state index contributed by atoms with van der Waals surface area (Å²) in [6.45, 7) is 4.21. The minimum Gasteiger partial charge on any atom is -0.323 e. The number of hydrogen-bond acceptors (Lipinski definition) is 3. The molecule has 0 radical (unpaired) electrons. The molecule has 1 aromatic heterocycles. The first kappa shape index (κ1) is 13.1. The van der Waals surface area contributed by atoms with Gasteiger partial charge >= 0.3 is 0 Å². The van der Waals surface area contributed by atoms with Crippen molar-refractivity contribution in [3.63, 3.8) is 0 Å². The summed E-state index contributed by atoms with van der Waals surface area (Å²) in [4.78, 5) is 4.29. The molecule has 0 fully saturated rings. The molecule has 2 rings (SSSR count). The maximum atomic E-state index is 6.26. The monoisotopic (exact) mass is 258 g/mol. The van der Waals surface area contributed by atoms with Crippen LogP contribution in [-0.2, 0) is 0 Å². The molecule has 1 unspecified atom stereocenters. The van der Waals surface area contributed by atoms with E-state index in [1.165, 1.54) is 16.7 Å². The number of aryl methyl sites for hydroxylation is 2. The molecule has 18 heavy (non-hydrogen) atoms. The Bertz CT molecular complexity index is 511. The Kier molecular flexibility index (Phi) is 4.39. The first-order chi connectivity index (χ1) is 8.66. The summed E-state index contributed by atoms with van der Waals surface area (Å²) < 4.78 is 0. The van der Waals surface area contributed by atoms with Crippen molar-refractivity contribution in [2.45, 2.75) is 24.9 Å². The zero-order valence-electron chi connectivity index (χ0n) is 10.8. The molecule has 0 aliphatic heterocycles. The van der Waals surface area contributed by atoms with Gasteiger partial charge in [0, 0.05) is 18.0 Å². The number of pyridine rings is 1. The van der Waals surface area contributed by atoms with Crippen molar-refractivity contribution in [1.29, 1.82) is 0 Å². The maximum Gasteiger partial charge on any atom is 0.0960 e. The Morgan fingerprint density at radius 1 is 1.22 bits per heavy atom. The largest absolute Gasteiger partial charge is 0.323 e. The van der Waals surface area contributed by atoms with E-state index in [-0.39, 0.29) is 6.04 Å². The highest BCUT2D eigenvalue weighted by molar-refractivity contribution is 7.99. The maximum absolute atomic E-state index is 6.26. The number of nitrogens with zero attached hydrogens (tertiary/aromatic N) is 1. The summed E-state index contributed by atoms with van der Waals surface area (Å²) in [5, 5.41) is 1.03. The van der Waals surface area contributed by atoms with Crippen LogP contribution in [0.4, 0.5) is 0 Å². The van der Waals surface area contributed by atoms with E-state index in [2.05, 4.69) is 37.0 Å². The smallest absolute Gasteiger partial charge is 0.0960 e. The molecule has 3 heteroatoms. The van der Waals surface area contributed by atoms with Gasteiger partial charge in [-0.1, -0.05) is 29.8 Å². The van der Waals surface area contributed by atoms with Gasteiger partial charge in [-0.25, -0.2) is 4.98 Å². The standard InChI is InChI=1S/C15H18N2S/c1-11-6-7-12(2)13(9-11)14(16)10-18-15-5-3-4-8-17-15/h3-9,14H,10,16H2,1-2H3. The van der Waals surface area contributed by atoms with Crippen LogP contribution in [0.25, 0.3) is 0 Å². The first-order valence-corrected chi connectivity index (χ1v) is 7.02. The zero-order valence-corrected chi connectivity index (χ0v) is 11.6. The lowest BCUT2D eigenvalue weighted by atomic mass is 10.0. The SMILES string of the molecule is Cc1ccc(C)c(C(N)CSc2ccccn2)c1. The second-order valence-electron chi connectivity index (χ2n) is 4.45. The normalized spacial score (nSPS) is 12.4. The van der Waals surface area contributed by atoms with Gasteiger partial charge in [0.1, 0.15) is 0 Å². The Hall–Kier alpha value is -1.32. The van der Waals surface area contributed by atoms with Gasteiger partial charge in [-0.2, -0.15) is 0 Å². The van der Waals surface area contributed by atoms with Gasteiger partial charge < -0.3 is 5.73 Å². The minimum absolute atomic E-state index is 0.0527. The van der Waals surface area contributed by atoms with Crippen molar-refractivity contribution in [3.05, 3.63) is 59.3 Å². The van der Waals surface area contributed by atoms with E-state index >= 15 is 0 Å². The van der Waals surface area contributed by atoms with Crippen molar-refractivity contribution in [2.24, 2.45) is 5.73 Å². The lowest BCUT2D eigenvalue weighted by Crippen LogP contribution is -2.14. The van der Waals surface area contributed by atoms with Crippen LogP contribution >= 0.6 is 11.8 Å². The van der Waals surface area contributed by atoms with Crippen LogP contribution in [0.3, 0.4) is 0 Å². The predicted octanol–water partition coefficient (Wildman–Crippen LogP) is 3.49. The van der Waals surface area contributed by atoms with Crippen molar-refractivity contribution in [1.82, 2.24) is 4.98 Å². The third-order valence-corrected chi connectivity index (χ3v) is 3.95. The molecule has 1 atom stereocenters. The van der Waals surface area contributed by atoms with Crippen LogP contribution in [0.2, 0.25) is 0 Å². The van der Waals surface area contributed by atoms with E-state index < -0.39 is 0 Å². The molecule has 94 valence electrons. The lowest BCUT2D eigenvalue weighted by molar-refractivity contribution is 0.820. The minimum atomic E-state index is 0.0527. The van der Waals surface area contributed by atoms with Gasteiger partial charge in [-0.15, -0.1) is 11.8 Å². The first-order valence-electron chi connectivity index (χ1n) is 6.03. The zero-order chi connectivity index (χ0) is 13.0. The van der Waals surface area contributed by atoms with E-state index in [9.17, 15) is 0 Å². The van der Waals surface area contributed by atoms with Crippen molar-refractivity contribution in [3.8, 4) is 0 Å². The van der Waals surface area contributed by atoms with Gasteiger partial charge in [0.15, 0.2) is 0 Å². The lowest BCUT2D eigenvalue weighted by Gasteiger charge is -2.15. The van der Waals surface area contributed by atoms with Gasteiger partial charge in [0.25, 0.3) is 0 Å². The van der Waals surface area contributed by atoms with Gasteiger partial charge in [0.05, 0.1) is 5.03 Å². The highest BCUT2D eigenvalue weighted by Gasteiger charge is 2.10. The van der Waals surface area contributed by atoms with E-state index in [1.807, 2.05) is 24.4 Å². The second-order valence-corrected chi connectivity index (χ2v) is 5.49. The molecule has 0 bridgehead atoms. The number of nitrogens with two attached hydrogens (primary N) is 1. The molecule has 2 aromatic rings. The molecule has 0 amide bonds. The summed E-state index contributed by atoms with van der Waals surface area (Å²) in [6, 6.07) is 12.4. The average molecular weight is 258 g/mol. The fourth-order valence-corrected chi connectivity index (χ4v) is 2.70. The Labute approximate surface area is 113 Å². The summed E-state index contributed by atoms with van der Waals surface area (Å²) in [7, 11) is 0. The Morgan fingerprint density at radius 2 is 2.06 bits per heavy atom. The number of rotatable bonds is 4. The van der Waals surface area contributed by atoms with Gasteiger partial charge in [-0.3, -0.25) is 0 Å². The van der Waals surface area contributed by atoms with Gasteiger partial charge in [0.2, 0.25) is 0 Å². The molecule has 0 saturated heterocycles. The van der Waals surface area contributed by atoms with E-state index in [1.54, 1.807) is 11.8 Å². The highest BCUT2D eigenvalue weighted by Crippen LogP contribution is 2.24. The van der Waals surface area contributed by atoms with E-state index in [4.69, 9.17) is 5.73 Å².